The molecule has 0 aliphatic heterocycles. The molecule has 0 saturated carbocycles. The smallest absolute Gasteiger partial charge is 0.414 e. The molecular weight excluding hydrogens is 378 g/mol. The number of amides is 3. The van der Waals surface area contributed by atoms with Crippen molar-refractivity contribution in [3.8, 4) is 0 Å². The number of rotatable bonds is 9. The summed E-state index contributed by atoms with van der Waals surface area (Å²) >= 11 is 1.58. The number of hydrogen-bond acceptors (Lipinski definition) is 5. The van der Waals surface area contributed by atoms with Gasteiger partial charge < -0.3 is 15.0 Å². The molecule has 0 saturated heterocycles. The zero-order valence-electron chi connectivity index (χ0n) is 16.1. The van der Waals surface area contributed by atoms with E-state index in [4.69, 9.17) is 4.74 Å². The first-order chi connectivity index (χ1) is 13.5. The summed E-state index contributed by atoms with van der Waals surface area (Å²) < 4.78 is 4.69. The standard InChI is InChI=1S/C20H25N3O4S/c1-3-23(14-18(25)22-20(26)27-4-2)13-17(24)21-19(16-11-8-12-28-16)15-9-6-5-7-10-15/h5-12,19H,3-4,13-14H2,1-2H3,(H,21,24)(H,22,25,26)/p+1/t19-/m0/s1. The van der Waals surface area contributed by atoms with E-state index in [1.54, 1.807) is 18.3 Å². The Balaban J connectivity index is 1.97. The molecule has 2 aromatic rings. The Hall–Kier alpha value is -2.71. The van der Waals surface area contributed by atoms with Crippen molar-refractivity contribution >= 4 is 29.2 Å². The minimum absolute atomic E-state index is 0.0116. The van der Waals surface area contributed by atoms with E-state index in [1.807, 2.05) is 54.8 Å². The normalized spacial score (nSPS) is 12.6. The first-order valence-electron chi connectivity index (χ1n) is 9.21. The van der Waals surface area contributed by atoms with Crippen LogP contribution >= 0.6 is 11.3 Å². The predicted molar refractivity (Wildman–Crippen MR) is 107 cm³/mol. The molecule has 1 unspecified atom stereocenters. The molecule has 0 spiro atoms. The van der Waals surface area contributed by atoms with Gasteiger partial charge >= 0.3 is 6.09 Å². The van der Waals surface area contributed by atoms with Crippen molar-refractivity contribution in [2.75, 3.05) is 26.2 Å². The topological polar surface area (TPSA) is 88.9 Å². The van der Waals surface area contributed by atoms with Crippen molar-refractivity contribution in [1.29, 1.82) is 0 Å². The molecule has 1 heterocycles. The Morgan fingerprint density at radius 3 is 2.36 bits per heavy atom. The van der Waals surface area contributed by atoms with E-state index in [1.165, 1.54) is 0 Å². The molecule has 0 fully saturated rings. The molecule has 150 valence electrons. The molecule has 0 radical (unpaired) electrons. The largest absolute Gasteiger partial charge is 0.450 e. The summed E-state index contributed by atoms with van der Waals surface area (Å²) in [6.45, 7) is 4.44. The Morgan fingerprint density at radius 2 is 1.75 bits per heavy atom. The molecule has 0 aliphatic carbocycles. The number of imide groups is 1. The second-order valence-corrected chi connectivity index (χ2v) is 7.13. The summed E-state index contributed by atoms with van der Waals surface area (Å²) in [6, 6.07) is 13.5. The summed E-state index contributed by atoms with van der Waals surface area (Å²) in [4.78, 5) is 37.7. The average molecular weight is 405 g/mol. The van der Waals surface area contributed by atoms with Gasteiger partial charge in [0.05, 0.1) is 19.2 Å². The highest BCUT2D eigenvalue weighted by molar-refractivity contribution is 7.10. The molecule has 2 atom stereocenters. The van der Waals surface area contributed by atoms with Crippen molar-refractivity contribution in [3.05, 3.63) is 58.3 Å². The van der Waals surface area contributed by atoms with Gasteiger partial charge in [-0.2, -0.15) is 0 Å². The average Bonchev–Trinajstić information content (AvgIpc) is 3.20. The minimum atomic E-state index is -0.769. The lowest BCUT2D eigenvalue weighted by Crippen LogP contribution is -3.14. The van der Waals surface area contributed by atoms with Gasteiger partial charge in [-0.15, -0.1) is 11.3 Å². The number of carbonyl (C=O) groups excluding carboxylic acids is 3. The van der Waals surface area contributed by atoms with Gasteiger partial charge in [-0.05, 0) is 30.9 Å². The maximum atomic E-state index is 12.6. The predicted octanol–water partition coefficient (Wildman–Crippen LogP) is 1.13. The summed E-state index contributed by atoms with van der Waals surface area (Å²) in [5.41, 5.74) is 0.997. The van der Waals surface area contributed by atoms with E-state index >= 15 is 0 Å². The Morgan fingerprint density at radius 1 is 1.04 bits per heavy atom. The van der Waals surface area contributed by atoms with E-state index in [9.17, 15) is 14.4 Å². The van der Waals surface area contributed by atoms with Gasteiger partial charge in [0.15, 0.2) is 13.1 Å². The maximum Gasteiger partial charge on any atom is 0.414 e. The van der Waals surface area contributed by atoms with Crippen LogP contribution in [0.1, 0.15) is 30.3 Å². The van der Waals surface area contributed by atoms with Crippen LogP contribution in [-0.2, 0) is 14.3 Å². The quantitative estimate of drug-likeness (QED) is 0.585. The molecular formula is C20H26N3O4S+. The number of hydrogen-bond donors (Lipinski definition) is 3. The highest BCUT2D eigenvalue weighted by Gasteiger charge is 2.22. The van der Waals surface area contributed by atoms with Gasteiger partial charge in [0.25, 0.3) is 11.8 Å². The van der Waals surface area contributed by atoms with Crippen LogP contribution in [-0.4, -0.2) is 44.1 Å². The number of nitrogens with one attached hydrogen (secondary N) is 3. The summed E-state index contributed by atoms with van der Waals surface area (Å²) in [5.74, 6) is -0.635. The Bertz CT molecular complexity index is 765. The van der Waals surface area contributed by atoms with Gasteiger partial charge in [-0.1, -0.05) is 36.4 Å². The third-order valence-electron chi connectivity index (χ3n) is 4.10. The van der Waals surface area contributed by atoms with E-state index in [0.717, 1.165) is 15.3 Å². The lowest BCUT2D eigenvalue weighted by atomic mass is 10.1. The number of alkyl carbamates (subject to hydrolysis) is 1. The third kappa shape index (κ3) is 6.79. The van der Waals surface area contributed by atoms with E-state index < -0.39 is 12.0 Å². The molecule has 1 aromatic carbocycles. The molecule has 8 heteroatoms. The van der Waals surface area contributed by atoms with Crippen LogP contribution in [0.5, 0.6) is 0 Å². The lowest BCUT2D eigenvalue weighted by molar-refractivity contribution is -0.881. The Kier molecular flexibility index (Phi) is 8.64. The molecule has 0 bridgehead atoms. The molecule has 2 rings (SSSR count). The fourth-order valence-corrected chi connectivity index (χ4v) is 3.53. The molecule has 3 amide bonds. The van der Waals surface area contributed by atoms with Gasteiger partial charge in [0, 0.05) is 4.88 Å². The zero-order valence-corrected chi connectivity index (χ0v) is 16.9. The van der Waals surface area contributed by atoms with Crippen LogP contribution < -0.4 is 15.5 Å². The fourth-order valence-electron chi connectivity index (χ4n) is 2.72. The van der Waals surface area contributed by atoms with E-state index in [0.29, 0.717) is 6.54 Å². The number of thiophene rings is 1. The monoisotopic (exact) mass is 404 g/mol. The minimum Gasteiger partial charge on any atom is -0.450 e. The summed E-state index contributed by atoms with van der Waals surface area (Å²) in [7, 11) is 0. The number of likely N-dealkylation sites (N-methyl/N-ethyl adjacent to an activating group) is 1. The second kappa shape index (κ2) is 11.2. The van der Waals surface area contributed by atoms with Crippen LogP contribution in [0.25, 0.3) is 0 Å². The maximum absolute atomic E-state index is 12.6. The first-order valence-corrected chi connectivity index (χ1v) is 10.1. The van der Waals surface area contributed by atoms with Gasteiger partial charge in [0.1, 0.15) is 0 Å². The number of benzene rings is 1. The fraction of sp³-hybridized carbons (Fsp3) is 0.350. The SMILES string of the molecule is CCOC(=O)NC(=O)C[NH+](CC)CC(=O)N[C@@H](c1ccccc1)c1cccs1. The van der Waals surface area contributed by atoms with E-state index in [-0.39, 0.29) is 31.6 Å². The van der Waals surface area contributed by atoms with Crippen LogP contribution in [0.15, 0.2) is 47.8 Å². The highest BCUT2D eigenvalue weighted by atomic mass is 32.1. The van der Waals surface area contributed by atoms with Crippen LogP contribution in [0.4, 0.5) is 4.79 Å². The van der Waals surface area contributed by atoms with Gasteiger partial charge in [-0.25, -0.2) is 4.79 Å². The molecule has 28 heavy (non-hydrogen) atoms. The summed E-state index contributed by atoms with van der Waals surface area (Å²) in [6.07, 6.45) is -0.769. The highest BCUT2D eigenvalue weighted by Crippen LogP contribution is 2.25. The van der Waals surface area contributed by atoms with Crippen LogP contribution in [0.3, 0.4) is 0 Å². The summed E-state index contributed by atoms with van der Waals surface area (Å²) in [5, 5.41) is 7.19. The second-order valence-electron chi connectivity index (χ2n) is 6.15. The van der Waals surface area contributed by atoms with Crippen molar-refractivity contribution in [3.63, 3.8) is 0 Å². The van der Waals surface area contributed by atoms with Crippen LogP contribution in [0.2, 0.25) is 0 Å². The van der Waals surface area contributed by atoms with E-state index in [2.05, 4.69) is 10.6 Å². The number of quaternary nitrogens is 1. The van der Waals surface area contributed by atoms with Gasteiger partial charge in [0.2, 0.25) is 0 Å². The molecule has 3 N–H and O–H groups in total. The number of ether oxygens (including phenoxy) is 1. The van der Waals surface area contributed by atoms with Gasteiger partial charge in [-0.3, -0.25) is 14.9 Å². The Labute approximate surface area is 168 Å². The van der Waals surface area contributed by atoms with Crippen molar-refractivity contribution in [1.82, 2.24) is 10.6 Å². The van der Waals surface area contributed by atoms with Crippen LogP contribution in [0, 0.1) is 0 Å². The molecule has 7 nitrogen and oxygen atoms in total. The zero-order chi connectivity index (χ0) is 20.4. The van der Waals surface area contributed by atoms with Crippen molar-refractivity contribution < 1.29 is 24.0 Å². The van der Waals surface area contributed by atoms with Crippen molar-refractivity contribution in [2.24, 2.45) is 0 Å². The lowest BCUT2D eigenvalue weighted by Gasteiger charge is -2.21. The van der Waals surface area contributed by atoms with Crippen molar-refractivity contribution in [2.45, 2.75) is 19.9 Å². The number of carbonyl (C=O) groups is 3. The first kappa shape index (κ1) is 21.6. The molecule has 0 aliphatic rings. The third-order valence-corrected chi connectivity index (χ3v) is 5.04. The molecule has 1 aromatic heterocycles.